The molecular formula is C13H28N2O. The van der Waals surface area contributed by atoms with Crippen LogP contribution in [0.5, 0.6) is 0 Å². The van der Waals surface area contributed by atoms with Crippen molar-refractivity contribution in [3.05, 3.63) is 0 Å². The molecule has 1 fully saturated rings. The summed E-state index contributed by atoms with van der Waals surface area (Å²) in [5, 5.41) is 0. The smallest absolute Gasteiger partial charge is 0.0589 e. The second-order valence-electron chi connectivity index (χ2n) is 5.40. The van der Waals surface area contributed by atoms with Crippen LogP contribution in [0.4, 0.5) is 0 Å². The minimum atomic E-state index is 0.365. The molecule has 1 saturated carbocycles. The molecule has 0 spiro atoms. The van der Waals surface area contributed by atoms with Crippen LogP contribution in [0.2, 0.25) is 0 Å². The van der Waals surface area contributed by atoms with E-state index in [9.17, 15) is 0 Å². The minimum absolute atomic E-state index is 0.365. The third-order valence-electron chi connectivity index (χ3n) is 3.43. The van der Waals surface area contributed by atoms with Gasteiger partial charge in [-0.05, 0) is 18.8 Å². The molecule has 1 aliphatic carbocycles. The van der Waals surface area contributed by atoms with Crippen LogP contribution in [0, 0.1) is 5.92 Å². The van der Waals surface area contributed by atoms with Gasteiger partial charge in [-0.2, -0.15) is 0 Å². The zero-order valence-corrected chi connectivity index (χ0v) is 11.1. The molecule has 1 aliphatic rings. The molecule has 0 aliphatic heterocycles. The Labute approximate surface area is 100 Å². The molecule has 1 rings (SSSR count). The molecular weight excluding hydrogens is 200 g/mol. The minimum Gasteiger partial charge on any atom is -0.383 e. The Bertz CT molecular complexity index is 185. The summed E-state index contributed by atoms with van der Waals surface area (Å²) in [6.45, 7) is 7.52. The van der Waals surface area contributed by atoms with Crippen LogP contribution >= 0.6 is 0 Å². The molecule has 96 valence electrons. The van der Waals surface area contributed by atoms with Crippen molar-refractivity contribution >= 4 is 0 Å². The van der Waals surface area contributed by atoms with E-state index in [1.165, 1.54) is 25.7 Å². The van der Waals surface area contributed by atoms with E-state index in [0.717, 1.165) is 19.7 Å². The van der Waals surface area contributed by atoms with Gasteiger partial charge in [0.2, 0.25) is 0 Å². The zero-order chi connectivity index (χ0) is 12.0. The zero-order valence-electron chi connectivity index (χ0n) is 11.1. The van der Waals surface area contributed by atoms with Gasteiger partial charge in [0, 0.05) is 32.3 Å². The maximum absolute atomic E-state index is 6.24. The highest BCUT2D eigenvalue weighted by Crippen LogP contribution is 2.22. The van der Waals surface area contributed by atoms with Crippen molar-refractivity contribution in [3.63, 3.8) is 0 Å². The highest BCUT2D eigenvalue weighted by molar-refractivity contribution is 4.86. The summed E-state index contributed by atoms with van der Waals surface area (Å²) in [5.41, 5.74) is 6.24. The van der Waals surface area contributed by atoms with Crippen LogP contribution in [0.1, 0.15) is 39.5 Å². The van der Waals surface area contributed by atoms with Gasteiger partial charge in [-0.3, -0.25) is 4.90 Å². The predicted octanol–water partition coefficient (Wildman–Crippen LogP) is 1.86. The third kappa shape index (κ3) is 4.40. The lowest BCUT2D eigenvalue weighted by Gasteiger charge is -2.39. The van der Waals surface area contributed by atoms with E-state index in [2.05, 4.69) is 18.7 Å². The first-order valence-corrected chi connectivity index (χ1v) is 6.63. The maximum atomic E-state index is 6.24. The number of rotatable bonds is 6. The number of methoxy groups -OCH3 is 1. The Kier molecular flexibility index (Phi) is 6.32. The summed E-state index contributed by atoms with van der Waals surface area (Å²) in [5.74, 6) is 0.700. The SMILES string of the molecule is COCCN(CC(C)C)C1CCCCC1N. The highest BCUT2D eigenvalue weighted by Gasteiger charge is 2.27. The van der Waals surface area contributed by atoms with Crippen molar-refractivity contribution in [3.8, 4) is 0 Å². The predicted molar refractivity (Wildman–Crippen MR) is 68.5 cm³/mol. The fourth-order valence-corrected chi connectivity index (χ4v) is 2.66. The number of nitrogens with zero attached hydrogens (tertiary/aromatic N) is 1. The van der Waals surface area contributed by atoms with Crippen LogP contribution in [0.15, 0.2) is 0 Å². The molecule has 2 N–H and O–H groups in total. The van der Waals surface area contributed by atoms with Crippen LogP contribution in [0.3, 0.4) is 0 Å². The van der Waals surface area contributed by atoms with Crippen molar-refractivity contribution in [2.75, 3.05) is 26.8 Å². The molecule has 0 bridgehead atoms. The number of hydrogen-bond donors (Lipinski definition) is 1. The van der Waals surface area contributed by atoms with Gasteiger partial charge >= 0.3 is 0 Å². The number of ether oxygens (including phenoxy) is 1. The monoisotopic (exact) mass is 228 g/mol. The Morgan fingerprint density at radius 3 is 2.56 bits per heavy atom. The normalized spacial score (nSPS) is 26.6. The Hall–Kier alpha value is -0.120. The van der Waals surface area contributed by atoms with E-state index >= 15 is 0 Å². The summed E-state index contributed by atoms with van der Waals surface area (Å²) in [7, 11) is 1.77. The van der Waals surface area contributed by atoms with Gasteiger partial charge < -0.3 is 10.5 Å². The molecule has 2 unspecified atom stereocenters. The van der Waals surface area contributed by atoms with Gasteiger partial charge in [0.05, 0.1) is 6.61 Å². The molecule has 0 aromatic heterocycles. The van der Waals surface area contributed by atoms with E-state index in [1.807, 2.05) is 0 Å². The fourth-order valence-electron chi connectivity index (χ4n) is 2.66. The molecule has 0 saturated heterocycles. The number of nitrogens with two attached hydrogens (primary N) is 1. The summed E-state index contributed by atoms with van der Waals surface area (Å²) >= 11 is 0. The molecule has 0 radical (unpaired) electrons. The van der Waals surface area contributed by atoms with Gasteiger partial charge in [0.25, 0.3) is 0 Å². The second-order valence-corrected chi connectivity index (χ2v) is 5.40. The largest absolute Gasteiger partial charge is 0.383 e. The average molecular weight is 228 g/mol. The molecule has 3 heteroatoms. The fraction of sp³-hybridized carbons (Fsp3) is 1.00. The molecule has 16 heavy (non-hydrogen) atoms. The van der Waals surface area contributed by atoms with Gasteiger partial charge in [0.15, 0.2) is 0 Å². The lowest BCUT2D eigenvalue weighted by atomic mass is 9.89. The van der Waals surface area contributed by atoms with Gasteiger partial charge in [-0.15, -0.1) is 0 Å². The standard InChI is InChI=1S/C13H28N2O/c1-11(2)10-15(8-9-16-3)13-7-5-4-6-12(13)14/h11-13H,4-10,14H2,1-3H3. The van der Waals surface area contributed by atoms with E-state index in [1.54, 1.807) is 7.11 Å². The Balaban J connectivity index is 2.50. The van der Waals surface area contributed by atoms with Crippen LogP contribution in [-0.2, 0) is 4.74 Å². The molecule has 0 heterocycles. The molecule has 0 aromatic carbocycles. The maximum Gasteiger partial charge on any atom is 0.0589 e. The van der Waals surface area contributed by atoms with Crippen LogP contribution < -0.4 is 5.73 Å². The Morgan fingerprint density at radius 2 is 2.00 bits per heavy atom. The third-order valence-corrected chi connectivity index (χ3v) is 3.43. The average Bonchev–Trinajstić information content (AvgIpc) is 2.24. The lowest BCUT2D eigenvalue weighted by molar-refractivity contribution is 0.0829. The summed E-state index contributed by atoms with van der Waals surface area (Å²) in [6.07, 6.45) is 5.08. The van der Waals surface area contributed by atoms with Gasteiger partial charge in [-0.1, -0.05) is 26.7 Å². The summed E-state index contributed by atoms with van der Waals surface area (Å²) in [6, 6.07) is 0.940. The van der Waals surface area contributed by atoms with E-state index in [4.69, 9.17) is 10.5 Å². The summed E-state index contributed by atoms with van der Waals surface area (Å²) < 4.78 is 5.20. The van der Waals surface area contributed by atoms with Gasteiger partial charge in [-0.25, -0.2) is 0 Å². The van der Waals surface area contributed by atoms with Crippen LogP contribution in [0.25, 0.3) is 0 Å². The quantitative estimate of drug-likeness (QED) is 0.754. The van der Waals surface area contributed by atoms with E-state index in [-0.39, 0.29) is 0 Å². The van der Waals surface area contributed by atoms with E-state index in [0.29, 0.717) is 18.0 Å². The van der Waals surface area contributed by atoms with Crippen molar-refractivity contribution in [1.82, 2.24) is 4.90 Å². The first-order valence-electron chi connectivity index (χ1n) is 6.63. The second kappa shape index (κ2) is 7.25. The van der Waals surface area contributed by atoms with E-state index < -0.39 is 0 Å². The lowest BCUT2D eigenvalue weighted by Crippen LogP contribution is -2.51. The van der Waals surface area contributed by atoms with Crippen LogP contribution in [-0.4, -0.2) is 43.8 Å². The van der Waals surface area contributed by atoms with Crippen molar-refractivity contribution in [2.45, 2.75) is 51.6 Å². The molecule has 0 aromatic rings. The number of hydrogen-bond acceptors (Lipinski definition) is 3. The van der Waals surface area contributed by atoms with Crippen molar-refractivity contribution in [1.29, 1.82) is 0 Å². The first-order chi connectivity index (χ1) is 7.65. The topological polar surface area (TPSA) is 38.5 Å². The van der Waals surface area contributed by atoms with Crippen molar-refractivity contribution < 1.29 is 4.74 Å². The Morgan fingerprint density at radius 1 is 1.31 bits per heavy atom. The molecule has 0 amide bonds. The molecule has 3 nitrogen and oxygen atoms in total. The highest BCUT2D eigenvalue weighted by atomic mass is 16.5. The first kappa shape index (κ1) is 13.9. The van der Waals surface area contributed by atoms with Crippen molar-refractivity contribution in [2.24, 2.45) is 11.7 Å². The van der Waals surface area contributed by atoms with Gasteiger partial charge in [0.1, 0.15) is 0 Å². The summed E-state index contributed by atoms with van der Waals surface area (Å²) in [4.78, 5) is 2.54. The molecule has 2 atom stereocenters.